The standard InChI is InChI=1S/C14H16ClN3O/c1-10-6-4-5-7-11(10)14(19)17(2)9-13-12(15)8-16-18(13)3/h4-8H,9H2,1-3H3. The van der Waals surface area contributed by atoms with Crippen LogP contribution in [0.2, 0.25) is 5.02 Å². The van der Waals surface area contributed by atoms with Gasteiger partial charge in [0.2, 0.25) is 0 Å². The van der Waals surface area contributed by atoms with Gasteiger partial charge in [0.15, 0.2) is 0 Å². The summed E-state index contributed by atoms with van der Waals surface area (Å²) >= 11 is 6.05. The van der Waals surface area contributed by atoms with Gasteiger partial charge in [-0.25, -0.2) is 0 Å². The molecule has 0 saturated heterocycles. The maximum absolute atomic E-state index is 12.4. The van der Waals surface area contributed by atoms with Crippen LogP contribution in [0.1, 0.15) is 21.6 Å². The number of hydrogen-bond donors (Lipinski definition) is 0. The molecule has 0 N–H and O–H groups in total. The van der Waals surface area contributed by atoms with Crippen LogP contribution in [0.15, 0.2) is 30.5 Å². The number of carbonyl (C=O) groups is 1. The molecular formula is C14H16ClN3O. The minimum atomic E-state index is -0.0182. The summed E-state index contributed by atoms with van der Waals surface area (Å²) in [7, 11) is 3.57. The highest BCUT2D eigenvalue weighted by atomic mass is 35.5. The van der Waals surface area contributed by atoms with Crippen LogP contribution in [0.4, 0.5) is 0 Å². The highest BCUT2D eigenvalue weighted by Gasteiger charge is 2.16. The molecule has 0 spiro atoms. The first-order chi connectivity index (χ1) is 9.00. The van der Waals surface area contributed by atoms with E-state index in [2.05, 4.69) is 5.10 Å². The van der Waals surface area contributed by atoms with Gasteiger partial charge >= 0.3 is 0 Å². The van der Waals surface area contributed by atoms with E-state index < -0.39 is 0 Å². The summed E-state index contributed by atoms with van der Waals surface area (Å²) in [4.78, 5) is 14.0. The number of rotatable bonds is 3. The molecular weight excluding hydrogens is 262 g/mol. The summed E-state index contributed by atoms with van der Waals surface area (Å²) in [6.07, 6.45) is 1.59. The van der Waals surface area contributed by atoms with Gasteiger partial charge < -0.3 is 4.90 Å². The number of aromatic nitrogens is 2. The van der Waals surface area contributed by atoms with E-state index in [1.54, 1.807) is 22.8 Å². The van der Waals surface area contributed by atoms with E-state index in [4.69, 9.17) is 11.6 Å². The highest BCUT2D eigenvalue weighted by molar-refractivity contribution is 6.31. The number of benzene rings is 1. The average molecular weight is 278 g/mol. The van der Waals surface area contributed by atoms with Crippen molar-refractivity contribution >= 4 is 17.5 Å². The first kappa shape index (κ1) is 13.6. The summed E-state index contributed by atoms with van der Waals surface area (Å²) in [5.74, 6) is -0.0182. The molecule has 1 aromatic heterocycles. The predicted molar refractivity (Wildman–Crippen MR) is 75.2 cm³/mol. The molecule has 0 aliphatic carbocycles. The Balaban J connectivity index is 2.19. The summed E-state index contributed by atoms with van der Waals surface area (Å²) in [6.45, 7) is 2.36. The van der Waals surface area contributed by atoms with Crippen molar-refractivity contribution in [3.8, 4) is 0 Å². The molecule has 0 aliphatic heterocycles. The van der Waals surface area contributed by atoms with Crippen molar-refractivity contribution in [1.82, 2.24) is 14.7 Å². The lowest BCUT2D eigenvalue weighted by Crippen LogP contribution is -2.27. The zero-order valence-corrected chi connectivity index (χ0v) is 12.0. The lowest BCUT2D eigenvalue weighted by molar-refractivity contribution is 0.0781. The second-order valence-electron chi connectivity index (χ2n) is 4.54. The zero-order valence-electron chi connectivity index (χ0n) is 11.2. The highest BCUT2D eigenvalue weighted by Crippen LogP contribution is 2.17. The van der Waals surface area contributed by atoms with Crippen molar-refractivity contribution in [3.05, 3.63) is 52.3 Å². The smallest absolute Gasteiger partial charge is 0.254 e. The van der Waals surface area contributed by atoms with Gasteiger partial charge in [-0.3, -0.25) is 9.48 Å². The molecule has 0 bridgehead atoms. The fourth-order valence-electron chi connectivity index (χ4n) is 1.93. The van der Waals surface area contributed by atoms with Crippen LogP contribution in [0.5, 0.6) is 0 Å². The van der Waals surface area contributed by atoms with E-state index in [0.717, 1.165) is 11.3 Å². The molecule has 19 heavy (non-hydrogen) atoms. The van der Waals surface area contributed by atoms with Crippen molar-refractivity contribution in [2.75, 3.05) is 7.05 Å². The first-order valence-corrected chi connectivity index (χ1v) is 6.36. The Bertz CT molecular complexity index is 587. The number of aryl methyl sites for hydroxylation is 2. The third kappa shape index (κ3) is 2.79. The van der Waals surface area contributed by atoms with Crippen molar-refractivity contribution in [1.29, 1.82) is 0 Å². The van der Waals surface area contributed by atoms with E-state index in [1.165, 1.54) is 0 Å². The fourth-order valence-corrected chi connectivity index (χ4v) is 2.15. The van der Waals surface area contributed by atoms with Crippen LogP contribution in [0.25, 0.3) is 0 Å². The van der Waals surface area contributed by atoms with Gasteiger partial charge in [0.05, 0.1) is 23.5 Å². The maximum Gasteiger partial charge on any atom is 0.254 e. The Morgan fingerprint density at radius 2 is 2.11 bits per heavy atom. The predicted octanol–water partition coefficient (Wildman–Crippen LogP) is 2.65. The lowest BCUT2D eigenvalue weighted by atomic mass is 10.1. The van der Waals surface area contributed by atoms with Crippen molar-refractivity contribution in [2.45, 2.75) is 13.5 Å². The van der Waals surface area contributed by atoms with E-state index in [0.29, 0.717) is 17.1 Å². The van der Waals surface area contributed by atoms with Gasteiger partial charge in [-0.2, -0.15) is 5.10 Å². The second kappa shape index (κ2) is 5.45. The molecule has 0 radical (unpaired) electrons. The molecule has 100 valence electrons. The lowest BCUT2D eigenvalue weighted by Gasteiger charge is -2.18. The molecule has 0 aliphatic rings. The van der Waals surface area contributed by atoms with E-state index >= 15 is 0 Å². The van der Waals surface area contributed by atoms with Crippen LogP contribution >= 0.6 is 11.6 Å². The summed E-state index contributed by atoms with van der Waals surface area (Å²) in [5.41, 5.74) is 2.50. The van der Waals surface area contributed by atoms with Crippen LogP contribution in [0.3, 0.4) is 0 Å². The molecule has 5 heteroatoms. The molecule has 4 nitrogen and oxygen atoms in total. The quantitative estimate of drug-likeness (QED) is 0.865. The number of halogens is 1. The van der Waals surface area contributed by atoms with Crippen molar-refractivity contribution in [2.24, 2.45) is 7.05 Å². The van der Waals surface area contributed by atoms with E-state index in [9.17, 15) is 4.79 Å². The maximum atomic E-state index is 12.4. The first-order valence-electron chi connectivity index (χ1n) is 5.98. The zero-order chi connectivity index (χ0) is 14.0. The van der Waals surface area contributed by atoms with Crippen molar-refractivity contribution in [3.63, 3.8) is 0 Å². The summed E-state index contributed by atoms with van der Waals surface area (Å²) in [5, 5.41) is 4.64. The average Bonchev–Trinajstić information content (AvgIpc) is 2.70. The Labute approximate surface area is 117 Å². The Kier molecular flexibility index (Phi) is 3.90. The van der Waals surface area contributed by atoms with Gasteiger partial charge in [-0.1, -0.05) is 29.8 Å². The normalized spacial score (nSPS) is 10.5. The van der Waals surface area contributed by atoms with Crippen LogP contribution in [-0.4, -0.2) is 27.6 Å². The Morgan fingerprint density at radius 1 is 1.42 bits per heavy atom. The summed E-state index contributed by atoms with van der Waals surface area (Å²) in [6, 6.07) is 7.55. The monoisotopic (exact) mass is 277 g/mol. The largest absolute Gasteiger partial charge is 0.336 e. The van der Waals surface area contributed by atoms with Crippen molar-refractivity contribution < 1.29 is 4.79 Å². The number of nitrogens with zero attached hydrogens (tertiary/aromatic N) is 3. The molecule has 0 fully saturated rings. The van der Waals surface area contributed by atoms with E-state index in [-0.39, 0.29) is 5.91 Å². The van der Waals surface area contributed by atoms with Gasteiger partial charge in [0, 0.05) is 19.7 Å². The molecule has 1 aromatic carbocycles. The fraction of sp³-hybridized carbons (Fsp3) is 0.286. The summed E-state index contributed by atoms with van der Waals surface area (Å²) < 4.78 is 1.68. The molecule has 2 rings (SSSR count). The van der Waals surface area contributed by atoms with Crippen LogP contribution in [-0.2, 0) is 13.6 Å². The Morgan fingerprint density at radius 3 is 2.68 bits per heavy atom. The van der Waals surface area contributed by atoms with Crippen LogP contribution < -0.4 is 0 Å². The number of amides is 1. The minimum absolute atomic E-state index is 0.0182. The Hall–Kier alpha value is -1.81. The molecule has 0 unspecified atom stereocenters. The van der Waals surface area contributed by atoms with Gasteiger partial charge in [-0.15, -0.1) is 0 Å². The molecule has 0 saturated carbocycles. The van der Waals surface area contributed by atoms with Gasteiger partial charge in [0.1, 0.15) is 0 Å². The van der Waals surface area contributed by atoms with Gasteiger partial charge in [-0.05, 0) is 18.6 Å². The number of hydrogen-bond acceptors (Lipinski definition) is 2. The third-order valence-corrected chi connectivity index (χ3v) is 3.44. The van der Waals surface area contributed by atoms with E-state index in [1.807, 2.05) is 38.2 Å². The molecule has 1 amide bonds. The molecule has 0 atom stereocenters. The molecule has 2 aromatic rings. The minimum Gasteiger partial charge on any atom is -0.336 e. The van der Waals surface area contributed by atoms with Crippen LogP contribution in [0, 0.1) is 6.92 Å². The topological polar surface area (TPSA) is 38.1 Å². The SMILES string of the molecule is Cc1ccccc1C(=O)N(C)Cc1c(Cl)cnn1C. The third-order valence-electron chi connectivity index (χ3n) is 3.12. The number of carbonyl (C=O) groups excluding carboxylic acids is 1. The molecule has 1 heterocycles. The van der Waals surface area contributed by atoms with Gasteiger partial charge in [0.25, 0.3) is 5.91 Å². The second-order valence-corrected chi connectivity index (χ2v) is 4.95.